The molecule has 1 atom stereocenters. The van der Waals surface area contributed by atoms with E-state index in [1.807, 2.05) is 6.08 Å². The molecular formula is C54H39NO. The molecule has 0 radical (unpaired) electrons. The molecule has 0 aliphatic heterocycles. The third kappa shape index (κ3) is 6.12. The Morgan fingerprint density at radius 2 is 1.34 bits per heavy atom. The maximum atomic E-state index is 6.39. The number of hydrogen-bond donors (Lipinski definition) is 0. The van der Waals surface area contributed by atoms with Crippen LogP contribution in [0.25, 0.3) is 71.5 Å². The van der Waals surface area contributed by atoms with Crippen LogP contribution in [0.2, 0.25) is 0 Å². The average molecular weight is 718 g/mol. The van der Waals surface area contributed by atoms with E-state index in [-0.39, 0.29) is 0 Å². The zero-order valence-electron chi connectivity index (χ0n) is 31.0. The lowest BCUT2D eigenvalue weighted by Crippen LogP contribution is -2.22. The maximum absolute atomic E-state index is 6.39. The van der Waals surface area contributed by atoms with Gasteiger partial charge in [0.15, 0.2) is 0 Å². The molecule has 1 aliphatic carbocycles. The Kier molecular flexibility index (Phi) is 8.50. The van der Waals surface area contributed by atoms with Crippen molar-refractivity contribution in [3.05, 3.63) is 229 Å². The van der Waals surface area contributed by atoms with Crippen LogP contribution >= 0.6 is 0 Å². The zero-order chi connectivity index (χ0) is 37.4. The van der Waals surface area contributed by atoms with Crippen LogP contribution in [0.15, 0.2) is 223 Å². The number of rotatable bonds is 8. The van der Waals surface area contributed by atoms with Gasteiger partial charge in [0.05, 0.1) is 5.69 Å². The third-order valence-corrected chi connectivity index (χ3v) is 11.2. The topological polar surface area (TPSA) is 16.4 Å². The van der Waals surface area contributed by atoms with E-state index >= 15 is 0 Å². The van der Waals surface area contributed by atoms with E-state index in [1.54, 1.807) is 0 Å². The SMILES string of the molecule is C=C/C(=C\C=C\c1ccc2c(ccc3ccccc32)c1)N(C1=CCC(c2ccccc2)C=C1)c1ccccc1-c1ccc2oc3cc4ccccc4cc3c2c1. The van der Waals surface area contributed by atoms with Crippen molar-refractivity contribution < 1.29 is 4.42 Å². The van der Waals surface area contributed by atoms with Crippen LogP contribution in [-0.4, -0.2) is 0 Å². The van der Waals surface area contributed by atoms with E-state index in [0.717, 1.165) is 62.1 Å². The molecule has 1 heterocycles. The van der Waals surface area contributed by atoms with Crippen molar-refractivity contribution >= 4 is 66.0 Å². The predicted molar refractivity (Wildman–Crippen MR) is 239 cm³/mol. The summed E-state index contributed by atoms with van der Waals surface area (Å²) >= 11 is 0. The Hall–Kier alpha value is -7.16. The van der Waals surface area contributed by atoms with Crippen molar-refractivity contribution in [1.82, 2.24) is 0 Å². The zero-order valence-corrected chi connectivity index (χ0v) is 31.0. The summed E-state index contributed by atoms with van der Waals surface area (Å²) in [6, 6.07) is 58.6. The second-order valence-electron chi connectivity index (χ2n) is 14.5. The van der Waals surface area contributed by atoms with Gasteiger partial charge in [0.1, 0.15) is 11.2 Å². The van der Waals surface area contributed by atoms with Crippen LogP contribution in [0.3, 0.4) is 0 Å². The van der Waals surface area contributed by atoms with Crippen molar-refractivity contribution in [1.29, 1.82) is 0 Å². The van der Waals surface area contributed by atoms with E-state index in [4.69, 9.17) is 4.42 Å². The van der Waals surface area contributed by atoms with Crippen LogP contribution in [0.5, 0.6) is 0 Å². The summed E-state index contributed by atoms with van der Waals surface area (Å²) in [6.45, 7) is 4.35. The second-order valence-corrected chi connectivity index (χ2v) is 14.5. The largest absolute Gasteiger partial charge is 0.456 e. The molecule has 0 saturated carbocycles. The highest BCUT2D eigenvalue weighted by atomic mass is 16.3. The van der Waals surface area contributed by atoms with Gasteiger partial charge in [-0.15, -0.1) is 0 Å². The van der Waals surface area contributed by atoms with Crippen molar-refractivity contribution in [2.45, 2.75) is 12.3 Å². The standard InChI is InChI=1S/C54H39NO/c1-2-45(19-12-13-37-23-31-48-43(33-37)25-24-40-16-8-9-20-47(40)48)55(46-29-26-39(27-30-46)38-14-4-3-5-15-38)52-22-11-10-21-49(52)44-28-32-53-50(35-44)51-34-41-17-6-7-18-42(41)36-54(51)56-53/h2-26,28-36,39H,1,27H2/b13-12+,45-19+. The maximum Gasteiger partial charge on any atom is 0.136 e. The number of anilines is 1. The van der Waals surface area contributed by atoms with Crippen molar-refractivity contribution in [2.75, 3.05) is 4.90 Å². The fraction of sp³-hybridized carbons (Fsp3) is 0.0370. The van der Waals surface area contributed by atoms with Crippen LogP contribution in [0, 0.1) is 0 Å². The molecule has 0 amide bonds. The number of allylic oxidation sites excluding steroid dienone is 6. The summed E-state index contributed by atoms with van der Waals surface area (Å²) in [5.74, 6) is 0.325. The highest BCUT2D eigenvalue weighted by Crippen LogP contribution is 2.41. The number of fused-ring (bicyclic) bond motifs is 7. The Bertz CT molecular complexity index is 3080. The summed E-state index contributed by atoms with van der Waals surface area (Å²) in [5, 5.41) is 9.65. The van der Waals surface area contributed by atoms with Gasteiger partial charge in [-0.3, -0.25) is 0 Å². The van der Waals surface area contributed by atoms with Gasteiger partial charge in [0, 0.05) is 33.6 Å². The van der Waals surface area contributed by atoms with Crippen LogP contribution in [0.1, 0.15) is 23.5 Å². The molecule has 0 spiro atoms. The minimum atomic E-state index is 0.325. The quantitative estimate of drug-likeness (QED) is 0.115. The number of nitrogens with zero attached hydrogens (tertiary/aromatic N) is 1. The van der Waals surface area contributed by atoms with E-state index in [9.17, 15) is 0 Å². The van der Waals surface area contributed by atoms with Crippen LogP contribution < -0.4 is 4.90 Å². The average Bonchev–Trinajstić information content (AvgIpc) is 3.62. The molecule has 0 fully saturated rings. The summed E-state index contributed by atoms with van der Waals surface area (Å²) in [5.41, 5.74) is 9.69. The Morgan fingerprint density at radius 3 is 2.18 bits per heavy atom. The van der Waals surface area contributed by atoms with E-state index in [1.165, 1.54) is 37.9 Å². The molecule has 0 N–H and O–H groups in total. The van der Waals surface area contributed by atoms with Gasteiger partial charge in [-0.05, 0) is 110 Å². The van der Waals surface area contributed by atoms with Gasteiger partial charge in [-0.25, -0.2) is 0 Å². The van der Waals surface area contributed by atoms with Crippen LogP contribution in [0.4, 0.5) is 5.69 Å². The van der Waals surface area contributed by atoms with Gasteiger partial charge in [0.2, 0.25) is 0 Å². The first kappa shape index (κ1) is 33.4. The number of hydrogen-bond acceptors (Lipinski definition) is 2. The molecule has 9 aromatic rings. The highest BCUT2D eigenvalue weighted by molar-refractivity contribution is 6.11. The molecule has 1 aromatic heterocycles. The fourth-order valence-electron chi connectivity index (χ4n) is 8.32. The van der Waals surface area contributed by atoms with Gasteiger partial charge >= 0.3 is 0 Å². The van der Waals surface area contributed by atoms with Gasteiger partial charge in [0.25, 0.3) is 0 Å². The minimum Gasteiger partial charge on any atom is -0.456 e. The molecule has 266 valence electrons. The van der Waals surface area contributed by atoms with E-state index in [2.05, 4.69) is 212 Å². The highest BCUT2D eigenvalue weighted by Gasteiger charge is 2.21. The first-order chi connectivity index (χ1) is 27.7. The lowest BCUT2D eigenvalue weighted by molar-refractivity contribution is 0.669. The van der Waals surface area contributed by atoms with Crippen molar-refractivity contribution in [3.63, 3.8) is 0 Å². The summed E-state index contributed by atoms with van der Waals surface area (Å²) in [6.07, 6.45) is 16.3. The number of furan rings is 1. The summed E-state index contributed by atoms with van der Waals surface area (Å²) < 4.78 is 6.39. The third-order valence-electron chi connectivity index (χ3n) is 11.2. The van der Waals surface area contributed by atoms with Gasteiger partial charge in [-0.2, -0.15) is 0 Å². The number of para-hydroxylation sites is 1. The molecule has 0 saturated heterocycles. The molecule has 2 heteroatoms. The minimum absolute atomic E-state index is 0.325. The van der Waals surface area contributed by atoms with Crippen molar-refractivity contribution in [3.8, 4) is 11.1 Å². The predicted octanol–water partition coefficient (Wildman–Crippen LogP) is 14.9. The van der Waals surface area contributed by atoms with E-state index in [0.29, 0.717) is 5.92 Å². The Balaban J connectivity index is 1.06. The molecule has 1 aliphatic rings. The fourth-order valence-corrected chi connectivity index (χ4v) is 8.32. The molecule has 8 aromatic carbocycles. The molecule has 1 unspecified atom stereocenters. The molecule has 10 rings (SSSR count). The Labute approximate surface area is 326 Å². The summed E-state index contributed by atoms with van der Waals surface area (Å²) in [4.78, 5) is 2.35. The van der Waals surface area contributed by atoms with Gasteiger partial charge in [-0.1, -0.05) is 158 Å². The lowest BCUT2D eigenvalue weighted by Gasteiger charge is -2.31. The van der Waals surface area contributed by atoms with E-state index < -0.39 is 0 Å². The van der Waals surface area contributed by atoms with Crippen molar-refractivity contribution in [2.24, 2.45) is 0 Å². The lowest BCUT2D eigenvalue weighted by atomic mass is 9.91. The molecule has 56 heavy (non-hydrogen) atoms. The van der Waals surface area contributed by atoms with Crippen LogP contribution in [-0.2, 0) is 0 Å². The molecular weight excluding hydrogens is 679 g/mol. The monoisotopic (exact) mass is 717 g/mol. The Morgan fingerprint density at radius 1 is 0.607 bits per heavy atom. The molecule has 2 nitrogen and oxygen atoms in total. The second kappa shape index (κ2) is 14.2. The first-order valence-electron chi connectivity index (χ1n) is 19.3. The number of benzene rings is 8. The van der Waals surface area contributed by atoms with Gasteiger partial charge < -0.3 is 9.32 Å². The first-order valence-corrected chi connectivity index (χ1v) is 19.3. The normalized spacial score (nSPS) is 14.7. The summed E-state index contributed by atoms with van der Waals surface area (Å²) in [7, 11) is 0. The molecule has 0 bridgehead atoms. The smallest absolute Gasteiger partial charge is 0.136 e.